The number of amides is 1. The van der Waals surface area contributed by atoms with E-state index < -0.39 is 38.0 Å². The molecule has 0 spiro atoms. The van der Waals surface area contributed by atoms with Gasteiger partial charge in [-0.3, -0.25) is 14.9 Å². The average Bonchev–Trinajstić information content (AvgIpc) is 2.59. The van der Waals surface area contributed by atoms with E-state index in [9.17, 15) is 23.3 Å². The highest BCUT2D eigenvalue weighted by Crippen LogP contribution is 2.26. The highest BCUT2D eigenvalue weighted by atomic mass is 32.2. The molecule has 0 heterocycles. The van der Waals surface area contributed by atoms with E-state index in [1.807, 2.05) is 13.0 Å². The van der Waals surface area contributed by atoms with Crippen molar-refractivity contribution < 1.29 is 18.1 Å². The fraction of sp³-hybridized carbons (Fsp3) is 0.235. The topological polar surface area (TPSA) is 118 Å². The fourth-order valence-electron chi connectivity index (χ4n) is 2.44. The Kier molecular flexibility index (Phi) is 6.06. The summed E-state index contributed by atoms with van der Waals surface area (Å²) in [5.74, 6) is -0.571. The maximum atomic E-state index is 12.4. The van der Waals surface area contributed by atoms with Crippen LogP contribution in [0.2, 0.25) is 0 Å². The minimum Gasteiger partial charge on any atom is -0.325 e. The van der Waals surface area contributed by atoms with Crippen LogP contribution in [0.3, 0.4) is 0 Å². The van der Waals surface area contributed by atoms with Crippen molar-refractivity contribution in [1.82, 2.24) is 4.72 Å². The van der Waals surface area contributed by atoms with Gasteiger partial charge in [-0.05, 0) is 36.6 Å². The van der Waals surface area contributed by atoms with E-state index >= 15 is 0 Å². The van der Waals surface area contributed by atoms with E-state index in [0.717, 1.165) is 18.1 Å². The van der Waals surface area contributed by atoms with E-state index in [1.165, 1.54) is 19.1 Å². The van der Waals surface area contributed by atoms with Gasteiger partial charge in [0, 0.05) is 11.8 Å². The van der Waals surface area contributed by atoms with Crippen LogP contribution in [-0.4, -0.2) is 25.8 Å². The van der Waals surface area contributed by atoms with Gasteiger partial charge in [0.25, 0.3) is 5.69 Å². The molecule has 1 amide bonds. The zero-order valence-electron chi connectivity index (χ0n) is 14.4. The number of nitrogens with one attached hydrogen (secondary N) is 2. The van der Waals surface area contributed by atoms with E-state index in [1.54, 1.807) is 18.2 Å². The molecular formula is C17H19N3O5S. The standard InChI is InChI=1S/C17H19N3O5S/c1-3-13-7-5-8-14(10-13)19-16(21)11-18-26(24,25)17-12(2)6-4-9-15(17)20(22)23/h4-10,18H,3,11H2,1-2H3,(H,19,21). The molecule has 0 bridgehead atoms. The molecular weight excluding hydrogens is 358 g/mol. The minimum absolute atomic E-state index is 0.225. The molecule has 0 saturated heterocycles. The first-order valence-electron chi connectivity index (χ1n) is 7.87. The summed E-state index contributed by atoms with van der Waals surface area (Å²) in [7, 11) is -4.22. The van der Waals surface area contributed by atoms with Gasteiger partial charge in [0.15, 0.2) is 4.90 Å². The maximum Gasteiger partial charge on any atom is 0.289 e. The van der Waals surface area contributed by atoms with Crippen LogP contribution < -0.4 is 10.0 Å². The second kappa shape index (κ2) is 8.07. The highest BCUT2D eigenvalue weighted by Gasteiger charge is 2.28. The normalized spacial score (nSPS) is 11.2. The lowest BCUT2D eigenvalue weighted by molar-refractivity contribution is -0.387. The summed E-state index contributed by atoms with van der Waals surface area (Å²) in [5, 5.41) is 13.7. The Morgan fingerprint density at radius 2 is 1.88 bits per heavy atom. The van der Waals surface area contributed by atoms with Crippen LogP contribution in [-0.2, 0) is 21.2 Å². The number of carbonyl (C=O) groups excluding carboxylic acids is 1. The molecule has 9 heteroatoms. The zero-order valence-corrected chi connectivity index (χ0v) is 15.2. The van der Waals surface area contributed by atoms with E-state index in [0.29, 0.717) is 5.69 Å². The summed E-state index contributed by atoms with van der Waals surface area (Å²) in [6.07, 6.45) is 0.799. The van der Waals surface area contributed by atoms with Crippen molar-refractivity contribution in [2.45, 2.75) is 25.2 Å². The lowest BCUT2D eigenvalue weighted by Crippen LogP contribution is -2.33. The van der Waals surface area contributed by atoms with Crippen LogP contribution >= 0.6 is 0 Å². The summed E-state index contributed by atoms with van der Waals surface area (Å²) >= 11 is 0. The molecule has 0 unspecified atom stereocenters. The molecule has 8 nitrogen and oxygen atoms in total. The summed E-state index contributed by atoms with van der Waals surface area (Å²) in [6.45, 7) is 2.90. The molecule has 0 aliphatic carbocycles. The van der Waals surface area contributed by atoms with Gasteiger partial charge in [-0.15, -0.1) is 0 Å². The molecule has 2 rings (SSSR count). The Morgan fingerprint density at radius 1 is 1.19 bits per heavy atom. The van der Waals surface area contributed by atoms with Gasteiger partial charge in [-0.2, -0.15) is 0 Å². The molecule has 2 aromatic rings. The van der Waals surface area contributed by atoms with E-state index in [4.69, 9.17) is 0 Å². The van der Waals surface area contributed by atoms with E-state index in [-0.39, 0.29) is 5.56 Å². The van der Waals surface area contributed by atoms with Gasteiger partial charge in [0.2, 0.25) is 15.9 Å². The van der Waals surface area contributed by atoms with Crippen LogP contribution in [0.4, 0.5) is 11.4 Å². The van der Waals surface area contributed by atoms with Gasteiger partial charge in [0.05, 0.1) is 11.5 Å². The minimum atomic E-state index is -4.22. The van der Waals surface area contributed by atoms with Crippen LogP contribution in [0.25, 0.3) is 0 Å². The molecule has 2 N–H and O–H groups in total. The largest absolute Gasteiger partial charge is 0.325 e. The zero-order chi connectivity index (χ0) is 19.3. The van der Waals surface area contributed by atoms with Crippen molar-refractivity contribution in [2.75, 3.05) is 11.9 Å². The molecule has 2 aromatic carbocycles. The van der Waals surface area contributed by atoms with Gasteiger partial charge in [0.1, 0.15) is 0 Å². The molecule has 0 radical (unpaired) electrons. The average molecular weight is 377 g/mol. The molecule has 0 aliphatic rings. The SMILES string of the molecule is CCc1cccc(NC(=O)CNS(=O)(=O)c2c(C)cccc2[N+](=O)[O-])c1. The number of carbonyl (C=O) groups is 1. The number of anilines is 1. The first kappa shape index (κ1) is 19.5. The molecule has 0 atom stereocenters. The van der Waals surface area contributed by atoms with Crippen molar-refractivity contribution in [3.63, 3.8) is 0 Å². The predicted molar refractivity (Wildman–Crippen MR) is 97.5 cm³/mol. The molecule has 26 heavy (non-hydrogen) atoms. The fourth-order valence-corrected chi connectivity index (χ4v) is 3.81. The predicted octanol–water partition coefficient (Wildman–Crippen LogP) is 2.38. The summed E-state index contributed by atoms with van der Waals surface area (Å²) in [6, 6.07) is 11.1. The Bertz CT molecular complexity index is 941. The summed E-state index contributed by atoms with van der Waals surface area (Å²) in [5.41, 5.74) is 1.27. The Hall–Kier alpha value is -2.78. The Labute approximate surface area is 151 Å². The van der Waals surface area contributed by atoms with Crippen LogP contribution in [0.1, 0.15) is 18.1 Å². The smallest absolute Gasteiger partial charge is 0.289 e. The monoisotopic (exact) mass is 377 g/mol. The van der Waals surface area contributed by atoms with Crippen LogP contribution in [0.5, 0.6) is 0 Å². The summed E-state index contributed by atoms with van der Waals surface area (Å²) < 4.78 is 27.0. The van der Waals surface area contributed by atoms with Crippen molar-refractivity contribution in [1.29, 1.82) is 0 Å². The second-order valence-electron chi connectivity index (χ2n) is 5.61. The summed E-state index contributed by atoms with van der Waals surface area (Å²) in [4.78, 5) is 21.9. The first-order chi connectivity index (χ1) is 12.2. The maximum absolute atomic E-state index is 12.4. The molecule has 0 aromatic heterocycles. The van der Waals surface area contributed by atoms with Crippen molar-refractivity contribution in [3.8, 4) is 0 Å². The first-order valence-corrected chi connectivity index (χ1v) is 9.35. The lowest BCUT2D eigenvalue weighted by Gasteiger charge is -2.10. The van der Waals surface area contributed by atoms with Crippen molar-refractivity contribution in [3.05, 3.63) is 63.7 Å². The van der Waals surface area contributed by atoms with Gasteiger partial charge in [-0.1, -0.05) is 31.2 Å². The van der Waals surface area contributed by atoms with Crippen LogP contribution in [0, 0.1) is 17.0 Å². The molecule has 0 aliphatic heterocycles. The van der Waals surface area contributed by atoms with Gasteiger partial charge < -0.3 is 5.32 Å². The molecule has 138 valence electrons. The van der Waals surface area contributed by atoms with E-state index in [2.05, 4.69) is 10.0 Å². The number of nitro benzene ring substituents is 1. The van der Waals surface area contributed by atoms with Gasteiger partial charge in [-0.25, -0.2) is 13.1 Å². The number of sulfonamides is 1. The Balaban J connectivity index is 2.13. The third-order valence-corrected chi connectivity index (χ3v) is 5.29. The van der Waals surface area contributed by atoms with Crippen molar-refractivity contribution >= 4 is 27.3 Å². The number of rotatable bonds is 7. The van der Waals surface area contributed by atoms with Gasteiger partial charge >= 0.3 is 0 Å². The third-order valence-electron chi connectivity index (χ3n) is 3.70. The number of aryl methyl sites for hydroxylation is 2. The second-order valence-corrected chi connectivity index (χ2v) is 7.31. The lowest BCUT2D eigenvalue weighted by atomic mass is 10.1. The quantitative estimate of drug-likeness (QED) is 0.567. The van der Waals surface area contributed by atoms with Crippen molar-refractivity contribution in [2.24, 2.45) is 0 Å². The third kappa shape index (κ3) is 4.64. The molecule has 0 fully saturated rings. The highest BCUT2D eigenvalue weighted by molar-refractivity contribution is 7.89. The number of hydrogen-bond donors (Lipinski definition) is 2. The molecule has 0 saturated carbocycles. The number of nitrogens with zero attached hydrogens (tertiary/aromatic N) is 1. The number of benzene rings is 2. The number of nitro groups is 1. The van der Waals surface area contributed by atoms with Crippen LogP contribution in [0.15, 0.2) is 47.4 Å². The Morgan fingerprint density at radius 3 is 2.54 bits per heavy atom. The number of hydrogen-bond acceptors (Lipinski definition) is 5.